The van der Waals surface area contributed by atoms with Gasteiger partial charge in [0.1, 0.15) is 17.1 Å². The molecule has 0 aromatic carbocycles. The Morgan fingerprint density at radius 2 is 2.05 bits per heavy atom. The summed E-state index contributed by atoms with van der Waals surface area (Å²) in [5, 5.41) is -0.234. The Bertz CT molecular complexity index is 750. The van der Waals surface area contributed by atoms with Gasteiger partial charge < -0.3 is 13.7 Å². The van der Waals surface area contributed by atoms with Crippen LogP contribution in [0.2, 0.25) is 0 Å². The molecule has 0 amide bonds. The quantitative estimate of drug-likeness (QED) is 0.685. The Hall–Kier alpha value is -2.01. The molecule has 110 valence electrons. The third kappa shape index (κ3) is 2.38. The van der Waals surface area contributed by atoms with Crippen molar-refractivity contribution in [1.82, 2.24) is 14.5 Å². The normalized spacial score (nSPS) is 14.3. The summed E-state index contributed by atoms with van der Waals surface area (Å²) >= 11 is 6.29. The number of alkyl halides is 1. The van der Waals surface area contributed by atoms with Gasteiger partial charge in [-0.25, -0.2) is 4.98 Å². The van der Waals surface area contributed by atoms with E-state index in [2.05, 4.69) is 9.97 Å². The van der Waals surface area contributed by atoms with Crippen LogP contribution in [0.3, 0.4) is 0 Å². The lowest BCUT2D eigenvalue weighted by molar-refractivity contribution is 0.397. The summed E-state index contributed by atoms with van der Waals surface area (Å²) in [5.74, 6) is 2.14. The number of imidazole rings is 1. The zero-order valence-corrected chi connectivity index (χ0v) is 12.8. The van der Waals surface area contributed by atoms with Crippen LogP contribution in [-0.4, -0.2) is 21.6 Å². The van der Waals surface area contributed by atoms with Crippen LogP contribution < -0.4 is 4.74 Å². The summed E-state index contributed by atoms with van der Waals surface area (Å²) in [5.41, 5.74) is 1.53. The number of hydrogen-bond acceptors (Lipinski definition) is 4. The van der Waals surface area contributed by atoms with Crippen molar-refractivity contribution in [2.75, 3.05) is 7.11 Å². The van der Waals surface area contributed by atoms with E-state index in [1.165, 1.54) is 0 Å². The summed E-state index contributed by atoms with van der Waals surface area (Å²) < 4.78 is 12.7. The van der Waals surface area contributed by atoms with Crippen LogP contribution in [0.4, 0.5) is 0 Å². The summed E-state index contributed by atoms with van der Waals surface area (Å²) in [6, 6.07) is 7.41. The molecule has 0 aliphatic carbocycles. The first kappa shape index (κ1) is 13.9. The molecule has 3 heterocycles. The number of furan rings is 1. The van der Waals surface area contributed by atoms with E-state index in [9.17, 15) is 0 Å². The molecule has 0 fully saturated rings. The zero-order valence-electron chi connectivity index (χ0n) is 12.1. The summed E-state index contributed by atoms with van der Waals surface area (Å²) in [4.78, 5) is 9.10. The number of nitrogens with zero attached hydrogens (tertiary/aromatic N) is 3. The Morgan fingerprint density at radius 3 is 2.67 bits per heavy atom. The van der Waals surface area contributed by atoms with E-state index in [0.29, 0.717) is 5.88 Å². The predicted octanol–water partition coefficient (Wildman–Crippen LogP) is 3.94. The van der Waals surface area contributed by atoms with Crippen molar-refractivity contribution in [1.29, 1.82) is 0 Å². The van der Waals surface area contributed by atoms with Gasteiger partial charge in [0.2, 0.25) is 5.88 Å². The second kappa shape index (κ2) is 5.41. The fourth-order valence-electron chi connectivity index (χ4n) is 2.41. The van der Waals surface area contributed by atoms with Gasteiger partial charge in [0.15, 0.2) is 5.65 Å². The highest BCUT2D eigenvalue weighted by atomic mass is 35.5. The average molecular weight is 306 g/mol. The van der Waals surface area contributed by atoms with Crippen molar-refractivity contribution in [3.8, 4) is 5.88 Å². The van der Waals surface area contributed by atoms with Crippen molar-refractivity contribution in [2.24, 2.45) is 0 Å². The zero-order chi connectivity index (χ0) is 15.0. The van der Waals surface area contributed by atoms with Crippen LogP contribution in [0.25, 0.3) is 11.2 Å². The molecule has 21 heavy (non-hydrogen) atoms. The number of halogens is 1. The minimum absolute atomic E-state index is 0.0548. The van der Waals surface area contributed by atoms with Crippen molar-refractivity contribution in [3.05, 3.63) is 42.1 Å². The topological polar surface area (TPSA) is 53.1 Å². The highest BCUT2D eigenvalue weighted by molar-refractivity contribution is 6.20. The molecule has 3 rings (SSSR count). The third-order valence-electron chi connectivity index (χ3n) is 3.45. The smallest absolute Gasteiger partial charge is 0.215 e. The maximum absolute atomic E-state index is 6.29. The van der Waals surface area contributed by atoms with Gasteiger partial charge in [-0.2, -0.15) is 4.98 Å². The number of fused-ring (bicyclic) bond motifs is 1. The highest BCUT2D eigenvalue weighted by Crippen LogP contribution is 2.31. The Morgan fingerprint density at radius 1 is 1.24 bits per heavy atom. The van der Waals surface area contributed by atoms with E-state index >= 15 is 0 Å². The number of methoxy groups -OCH3 is 1. The lowest BCUT2D eigenvalue weighted by atomic mass is 10.2. The number of rotatable bonds is 4. The van der Waals surface area contributed by atoms with Crippen LogP contribution in [-0.2, 0) is 0 Å². The van der Waals surface area contributed by atoms with Crippen LogP contribution in [0.5, 0.6) is 5.88 Å². The minimum atomic E-state index is -0.234. The molecule has 3 aromatic heterocycles. The Kier molecular flexibility index (Phi) is 3.59. The number of pyridine rings is 1. The van der Waals surface area contributed by atoms with E-state index in [0.717, 1.165) is 22.7 Å². The summed E-state index contributed by atoms with van der Waals surface area (Å²) in [6.07, 6.45) is 1.66. The molecule has 0 aliphatic heterocycles. The standard InChI is InChI=1S/C15H16ClN3O2/c1-9(16)14-17-11-6-7-13(20-3)18-15(11)19(14)10(2)12-5-4-8-21-12/h4-10H,1-3H3. The second-order valence-corrected chi connectivity index (χ2v) is 5.50. The van der Waals surface area contributed by atoms with Crippen LogP contribution in [0, 0.1) is 0 Å². The lowest BCUT2D eigenvalue weighted by Crippen LogP contribution is -2.11. The maximum Gasteiger partial charge on any atom is 0.215 e. The van der Waals surface area contributed by atoms with E-state index in [4.69, 9.17) is 20.8 Å². The maximum atomic E-state index is 6.29. The average Bonchev–Trinajstić information content (AvgIpc) is 3.13. The largest absolute Gasteiger partial charge is 0.481 e. The van der Waals surface area contributed by atoms with Gasteiger partial charge in [-0.3, -0.25) is 0 Å². The fraction of sp³-hybridized carbons (Fsp3) is 0.333. The van der Waals surface area contributed by atoms with Gasteiger partial charge in [-0.1, -0.05) is 0 Å². The molecule has 0 radical (unpaired) electrons. The molecule has 0 bridgehead atoms. The summed E-state index contributed by atoms with van der Waals surface area (Å²) in [6.45, 7) is 3.93. The van der Waals surface area contributed by atoms with Crippen molar-refractivity contribution < 1.29 is 9.15 Å². The van der Waals surface area contributed by atoms with Crippen molar-refractivity contribution >= 4 is 22.8 Å². The molecule has 0 aliphatic rings. The predicted molar refractivity (Wildman–Crippen MR) is 80.9 cm³/mol. The van der Waals surface area contributed by atoms with Gasteiger partial charge in [0.25, 0.3) is 0 Å². The number of hydrogen-bond donors (Lipinski definition) is 0. The first-order valence-corrected chi connectivity index (χ1v) is 7.15. The molecule has 2 atom stereocenters. The molecule has 6 heteroatoms. The van der Waals surface area contributed by atoms with Gasteiger partial charge in [0.05, 0.1) is 24.8 Å². The van der Waals surface area contributed by atoms with Crippen LogP contribution in [0.15, 0.2) is 34.9 Å². The molecule has 5 nitrogen and oxygen atoms in total. The van der Waals surface area contributed by atoms with E-state index in [1.54, 1.807) is 19.4 Å². The molecular weight excluding hydrogens is 290 g/mol. The van der Waals surface area contributed by atoms with Gasteiger partial charge in [-0.05, 0) is 32.0 Å². The minimum Gasteiger partial charge on any atom is -0.481 e. The Balaban J connectivity index is 2.24. The van der Waals surface area contributed by atoms with Crippen LogP contribution in [0.1, 0.15) is 36.9 Å². The lowest BCUT2D eigenvalue weighted by Gasteiger charge is -2.16. The van der Waals surface area contributed by atoms with E-state index in [-0.39, 0.29) is 11.4 Å². The second-order valence-electron chi connectivity index (χ2n) is 4.84. The molecule has 0 N–H and O–H groups in total. The summed E-state index contributed by atoms with van der Waals surface area (Å²) in [7, 11) is 1.59. The first-order chi connectivity index (χ1) is 10.1. The molecule has 0 saturated carbocycles. The SMILES string of the molecule is COc1ccc2nc(C(C)Cl)n(C(C)c3ccco3)c2n1. The molecular formula is C15H16ClN3O2. The van der Waals surface area contributed by atoms with Gasteiger partial charge in [0, 0.05) is 6.07 Å². The van der Waals surface area contributed by atoms with E-state index in [1.807, 2.05) is 36.6 Å². The third-order valence-corrected chi connectivity index (χ3v) is 3.64. The van der Waals surface area contributed by atoms with Crippen molar-refractivity contribution in [2.45, 2.75) is 25.3 Å². The molecule has 3 aromatic rings. The monoisotopic (exact) mass is 305 g/mol. The molecule has 0 saturated heterocycles. The van der Waals surface area contributed by atoms with Gasteiger partial charge in [-0.15, -0.1) is 11.6 Å². The molecule has 2 unspecified atom stereocenters. The van der Waals surface area contributed by atoms with Gasteiger partial charge >= 0.3 is 0 Å². The van der Waals surface area contributed by atoms with E-state index < -0.39 is 0 Å². The first-order valence-electron chi connectivity index (χ1n) is 6.72. The number of aromatic nitrogens is 3. The molecule has 0 spiro atoms. The Labute approximate surface area is 127 Å². The fourth-order valence-corrected chi connectivity index (χ4v) is 2.56. The highest BCUT2D eigenvalue weighted by Gasteiger charge is 2.22. The number of ether oxygens (including phenoxy) is 1. The van der Waals surface area contributed by atoms with Crippen LogP contribution >= 0.6 is 11.6 Å². The van der Waals surface area contributed by atoms with Crippen molar-refractivity contribution in [3.63, 3.8) is 0 Å².